The quantitative estimate of drug-likeness (QED) is 0.633. The van der Waals surface area contributed by atoms with Crippen LogP contribution in [0.4, 0.5) is 17.2 Å². The van der Waals surface area contributed by atoms with Crippen LogP contribution in [-0.4, -0.2) is 38.9 Å². The summed E-state index contributed by atoms with van der Waals surface area (Å²) in [6.07, 6.45) is 2.14. The molecule has 1 saturated heterocycles. The fourth-order valence-corrected chi connectivity index (χ4v) is 2.91. The molecule has 3 rings (SSSR count). The lowest BCUT2D eigenvalue weighted by Gasteiger charge is -2.17. The highest BCUT2D eigenvalue weighted by Crippen LogP contribution is 2.20. The van der Waals surface area contributed by atoms with E-state index in [-0.39, 0.29) is 17.4 Å². The normalized spacial score (nSPS) is 17.4. The molecule has 0 saturated carbocycles. The number of non-ortho nitro benzene ring substituents is 1. The van der Waals surface area contributed by atoms with Crippen molar-refractivity contribution in [2.24, 2.45) is 0 Å². The van der Waals surface area contributed by atoms with Crippen molar-refractivity contribution in [2.45, 2.75) is 19.0 Å². The third-order valence-corrected chi connectivity index (χ3v) is 4.11. The van der Waals surface area contributed by atoms with Gasteiger partial charge >= 0.3 is 0 Å². The van der Waals surface area contributed by atoms with Crippen molar-refractivity contribution in [3.63, 3.8) is 0 Å². The Labute approximate surface area is 143 Å². The first-order chi connectivity index (χ1) is 12.0. The highest BCUT2D eigenvalue weighted by atomic mass is 16.6. The molecule has 0 spiro atoms. The zero-order chi connectivity index (χ0) is 17.8. The lowest BCUT2D eigenvalue weighted by molar-refractivity contribution is -0.385. The minimum Gasteiger partial charge on any atom is -0.366 e. The summed E-state index contributed by atoms with van der Waals surface area (Å²) in [5, 5.41) is 24.7. The van der Waals surface area contributed by atoms with E-state index in [9.17, 15) is 20.2 Å². The van der Waals surface area contributed by atoms with Crippen LogP contribution in [0.15, 0.2) is 42.6 Å². The smallest absolute Gasteiger partial charge is 0.287 e. The van der Waals surface area contributed by atoms with Gasteiger partial charge in [-0.05, 0) is 18.1 Å². The molecule has 2 aromatic rings. The van der Waals surface area contributed by atoms with E-state index < -0.39 is 9.85 Å². The molecule has 0 bridgehead atoms. The Hall–Kier alpha value is -3.07. The number of benzene rings is 1. The van der Waals surface area contributed by atoms with Gasteiger partial charge in [0.1, 0.15) is 12.0 Å². The molecule has 1 atom stereocenters. The van der Waals surface area contributed by atoms with Crippen molar-refractivity contribution in [2.75, 3.05) is 18.4 Å². The number of nitrogens with zero attached hydrogens (tertiary/aromatic N) is 4. The molecule has 2 heterocycles. The largest absolute Gasteiger partial charge is 0.366 e. The number of aromatic nitrogens is 1. The van der Waals surface area contributed by atoms with Gasteiger partial charge in [0.15, 0.2) is 0 Å². The van der Waals surface area contributed by atoms with Crippen LogP contribution in [0.2, 0.25) is 0 Å². The van der Waals surface area contributed by atoms with Crippen molar-refractivity contribution in [3.05, 3.63) is 68.4 Å². The SMILES string of the molecule is O=[N+]([O-])c1ccc(NC2CCN(Cc3cccc([N+](=O)[O-])c3)C2)nc1. The lowest BCUT2D eigenvalue weighted by atomic mass is 10.2. The number of likely N-dealkylation sites (tertiary alicyclic amines) is 1. The number of hydrogen-bond donors (Lipinski definition) is 1. The number of hydrogen-bond acceptors (Lipinski definition) is 7. The zero-order valence-corrected chi connectivity index (χ0v) is 13.4. The Morgan fingerprint density at radius 2 is 1.96 bits per heavy atom. The molecule has 1 aromatic heterocycles. The minimum absolute atomic E-state index is 0.0377. The fraction of sp³-hybridized carbons (Fsp3) is 0.312. The van der Waals surface area contributed by atoms with Gasteiger partial charge < -0.3 is 5.32 Å². The van der Waals surface area contributed by atoms with Gasteiger partial charge in [0.2, 0.25) is 0 Å². The summed E-state index contributed by atoms with van der Waals surface area (Å²) in [4.78, 5) is 26.9. The van der Waals surface area contributed by atoms with Crippen molar-refractivity contribution >= 4 is 17.2 Å². The average Bonchev–Trinajstić information content (AvgIpc) is 3.02. The van der Waals surface area contributed by atoms with E-state index >= 15 is 0 Å². The molecular weight excluding hydrogens is 326 g/mol. The minimum atomic E-state index is -0.479. The van der Waals surface area contributed by atoms with E-state index in [1.807, 2.05) is 6.07 Å². The van der Waals surface area contributed by atoms with Crippen LogP contribution in [0.3, 0.4) is 0 Å². The first kappa shape index (κ1) is 16.8. The number of rotatable bonds is 6. The molecule has 9 heteroatoms. The molecule has 1 fully saturated rings. The maximum Gasteiger partial charge on any atom is 0.287 e. The van der Waals surface area contributed by atoms with E-state index in [2.05, 4.69) is 15.2 Å². The molecule has 1 aliphatic rings. The van der Waals surface area contributed by atoms with Gasteiger partial charge in [0.25, 0.3) is 11.4 Å². The van der Waals surface area contributed by atoms with Crippen LogP contribution in [0.1, 0.15) is 12.0 Å². The van der Waals surface area contributed by atoms with Gasteiger partial charge in [0, 0.05) is 43.9 Å². The van der Waals surface area contributed by atoms with E-state index in [1.54, 1.807) is 18.2 Å². The van der Waals surface area contributed by atoms with Gasteiger partial charge in [-0.1, -0.05) is 12.1 Å². The van der Waals surface area contributed by atoms with Crippen LogP contribution in [0, 0.1) is 20.2 Å². The standard InChI is InChI=1S/C16H17N5O4/c22-20(23)14-3-1-2-12(8-14)10-19-7-6-13(11-19)18-16-5-4-15(9-17-16)21(24)25/h1-5,8-9,13H,6-7,10-11H2,(H,17,18). The second-order valence-corrected chi connectivity index (χ2v) is 5.95. The Morgan fingerprint density at radius 1 is 1.16 bits per heavy atom. The van der Waals surface area contributed by atoms with E-state index in [1.165, 1.54) is 18.3 Å². The first-order valence-corrected chi connectivity index (χ1v) is 7.84. The molecule has 1 aliphatic heterocycles. The van der Waals surface area contributed by atoms with Crippen molar-refractivity contribution in [3.8, 4) is 0 Å². The van der Waals surface area contributed by atoms with Gasteiger partial charge in [-0.25, -0.2) is 4.98 Å². The van der Waals surface area contributed by atoms with Gasteiger partial charge in [-0.2, -0.15) is 0 Å². The van der Waals surface area contributed by atoms with Crippen molar-refractivity contribution in [1.82, 2.24) is 9.88 Å². The van der Waals surface area contributed by atoms with Crippen LogP contribution < -0.4 is 5.32 Å². The number of nitro benzene ring substituents is 1. The summed E-state index contributed by atoms with van der Waals surface area (Å²) in [6, 6.07) is 9.86. The number of nitro groups is 2. The van der Waals surface area contributed by atoms with Crippen LogP contribution in [0.5, 0.6) is 0 Å². The maximum atomic E-state index is 10.8. The molecule has 0 aliphatic carbocycles. The highest BCUT2D eigenvalue weighted by Gasteiger charge is 2.23. The van der Waals surface area contributed by atoms with Gasteiger partial charge in [0.05, 0.1) is 9.85 Å². The van der Waals surface area contributed by atoms with Crippen LogP contribution in [0.25, 0.3) is 0 Å². The molecular formula is C16H17N5O4. The number of pyridine rings is 1. The first-order valence-electron chi connectivity index (χ1n) is 7.84. The number of anilines is 1. The summed E-state index contributed by atoms with van der Waals surface area (Å²) >= 11 is 0. The third-order valence-electron chi connectivity index (χ3n) is 4.11. The van der Waals surface area contributed by atoms with Crippen molar-refractivity contribution in [1.29, 1.82) is 0 Å². The molecule has 9 nitrogen and oxygen atoms in total. The summed E-state index contributed by atoms with van der Waals surface area (Å²) < 4.78 is 0. The highest BCUT2D eigenvalue weighted by molar-refractivity contribution is 5.41. The van der Waals surface area contributed by atoms with Crippen LogP contribution in [-0.2, 0) is 6.54 Å². The Balaban J connectivity index is 1.55. The molecule has 1 N–H and O–H groups in total. The van der Waals surface area contributed by atoms with Gasteiger partial charge in [-0.3, -0.25) is 25.1 Å². The molecule has 0 radical (unpaired) electrons. The molecule has 130 valence electrons. The molecule has 1 unspecified atom stereocenters. The predicted molar refractivity (Wildman–Crippen MR) is 91.3 cm³/mol. The molecule has 0 amide bonds. The molecule has 25 heavy (non-hydrogen) atoms. The van der Waals surface area contributed by atoms with Gasteiger partial charge in [-0.15, -0.1) is 0 Å². The van der Waals surface area contributed by atoms with Crippen molar-refractivity contribution < 1.29 is 9.85 Å². The predicted octanol–water partition coefficient (Wildman–Crippen LogP) is 2.58. The third kappa shape index (κ3) is 4.27. The van der Waals surface area contributed by atoms with E-state index in [0.29, 0.717) is 12.4 Å². The summed E-state index contributed by atoms with van der Waals surface area (Å²) in [7, 11) is 0. The topological polar surface area (TPSA) is 114 Å². The zero-order valence-electron chi connectivity index (χ0n) is 13.4. The summed E-state index contributed by atoms with van der Waals surface area (Å²) in [5.74, 6) is 0.604. The monoisotopic (exact) mass is 343 g/mol. The summed E-state index contributed by atoms with van der Waals surface area (Å²) in [5.41, 5.74) is 0.967. The number of nitrogens with one attached hydrogen (secondary N) is 1. The maximum absolute atomic E-state index is 10.8. The molecule has 1 aromatic carbocycles. The van der Waals surface area contributed by atoms with Crippen LogP contribution >= 0.6 is 0 Å². The van der Waals surface area contributed by atoms with E-state index in [0.717, 1.165) is 25.1 Å². The second kappa shape index (κ2) is 7.22. The second-order valence-electron chi connectivity index (χ2n) is 5.95. The average molecular weight is 343 g/mol. The Morgan fingerprint density at radius 3 is 2.64 bits per heavy atom. The Kier molecular flexibility index (Phi) is 4.85. The Bertz CT molecular complexity index is 780. The fourth-order valence-electron chi connectivity index (χ4n) is 2.91. The van der Waals surface area contributed by atoms with E-state index in [4.69, 9.17) is 0 Å². The lowest BCUT2D eigenvalue weighted by Crippen LogP contribution is -2.26. The summed E-state index contributed by atoms with van der Waals surface area (Å²) in [6.45, 7) is 2.29.